The molecule has 0 radical (unpaired) electrons. The average molecular weight is 210 g/mol. The van der Waals surface area contributed by atoms with Gasteiger partial charge in [-0.2, -0.15) is 0 Å². The van der Waals surface area contributed by atoms with Crippen LogP contribution in [0, 0.1) is 6.92 Å². The second kappa shape index (κ2) is 3.48. The molecule has 0 spiro atoms. The smallest absolute Gasteiger partial charge is 0.184 e. The van der Waals surface area contributed by atoms with Crippen LogP contribution >= 0.6 is 22.9 Å². The standard InChI is InChI=1S/C10H8ClNS/c1-7-2-4-8(5-3-7)9-6-12-10(11)13-9/h2-6H,1H3. The zero-order valence-corrected chi connectivity index (χ0v) is 8.69. The largest absolute Gasteiger partial charge is 0.233 e. The first kappa shape index (κ1) is 8.73. The van der Waals surface area contributed by atoms with Crippen LogP contribution in [-0.4, -0.2) is 4.98 Å². The van der Waals surface area contributed by atoms with Crippen molar-refractivity contribution in [3.63, 3.8) is 0 Å². The Morgan fingerprint density at radius 2 is 1.92 bits per heavy atom. The van der Waals surface area contributed by atoms with Crippen LogP contribution in [0.15, 0.2) is 30.5 Å². The van der Waals surface area contributed by atoms with E-state index < -0.39 is 0 Å². The highest BCUT2D eigenvalue weighted by Crippen LogP contribution is 2.28. The Balaban J connectivity index is 2.41. The lowest BCUT2D eigenvalue weighted by atomic mass is 10.1. The Labute approximate surface area is 86.0 Å². The Kier molecular flexibility index (Phi) is 2.34. The maximum Gasteiger partial charge on any atom is 0.184 e. The van der Waals surface area contributed by atoms with Gasteiger partial charge in [0, 0.05) is 6.20 Å². The minimum absolute atomic E-state index is 0.593. The fraction of sp³-hybridized carbons (Fsp3) is 0.100. The van der Waals surface area contributed by atoms with E-state index >= 15 is 0 Å². The van der Waals surface area contributed by atoms with Crippen LogP contribution in [0.2, 0.25) is 4.47 Å². The summed E-state index contributed by atoms with van der Waals surface area (Å²) in [7, 11) is 0. The molecule has 2 aromatic rings. The second-order valence-corrected chi connectivity index (χ2v) is 4.46. The quantitative estimate of drug-likeness (QED) is 0.697. The van der Waals surface area contributed by atoms with Crippen molar-refractivity contribution in [2.75, 3.05) is 0 Å². The van der Waals surface area contributed by atoms with Crippen LogP contribution in [0.25, 0.3) is 10.4 Å². The number of aryl methyl sites for hydroxylation is 1. The Morgan fingerprint density at radius 3 is 2.46 bits per heavy atom. The number of rotatable bonds is 1. The zero-order valence-electron chi connectivity index (χ0n) is 7.12. The molecule has 3 heteroatoms. The molecule has 0 saturated heterocycles. The van der Waals surface area contributed by atoms with Crippen molar-refractivity contribution in [3.05, 3.63) is 40.5 Å². The normalized spacial score (nSPS) is 10.3. The van der Waals surface area contributed by atoms with Crippen molar-refractivity contribution in [1.29, 1.82) is 0 Å². The number of hydrogen-bond acceptors (Lipinski definition) is 2. The van der Waals surface area contributed by atoms with Gasteiger partial charge in [0.1, 0.15) is 0 Å². The van der Waals surface area contributed by atoms with Gasteiger partial charge in [0.2, 0.25) is 0 Å². The molecule has 0 bridgehead atoms. The van der Waals surface area contributed by atoms with E-state index in [2.05, 4.69) is 36.2 Å². The fourth-order valence-electron chi connectivity index (χ4n) is 1.10. The fourth-order valence-corrected chi connectivity index (χ4v) is 2.05. The molecule has 0 atom stereocenters. The minimum Gasteiger partial charge on any atom is -0.233 e. The number of thiazole rings is 1. The van der Waals surface area contributed by atoms with Gasteiger partial charge in [0.15, 0.2) is 4.47 Å². The Hall–Kier alpha value is -0.860. The molecule has 13 heavy (non-hydrogen) atoms. The molecule has 1 heterocycles. The van der Waals surface area contributed by atoms with Gasteiger partial charge in [0.05, 0.1) is 4.88 Å². The summed E-state index contributed by atoms with van der Waals surface area (Å²) in [5.41, 5.74) is 2.44. The summed E-state index contributed by atoms with van der Waals surface area (Å²) in [5.74, 6) is 0. The highest BCUT2D eigenvalue weighted by atomic mass is 35.5. The predicted molar refractivity (Wildman–Crippen MR) is 57.3 cm³/mol. The highest BCUT2D eigenvalue weighted by Gasteiger charge is 2.01. The molecule has 0 aliphatic heterocycles. The summed E-state index contributed by atoms with van der Waals surface area (Å²) < 4.78 is 0.593. The van der Waals surface area contributed by atoms with E-state index in [4.69, 9.17) is 11.6 Å². The van der Waals surface area contributed by atoms with Crippen molar-refractivity contribution in [2.45, 2.75) is 6.92 Å². The van der Waals surface area contributed by atoms with Crippen molar-refractivity contribution < 1.29 is 0 Å². The van der Waals surface area contributed by atoms with E-state index in [0.717, 1.165) is 4.88 Å². The summed E-state index contributed by atoms with van der Waals surface area (Å²) in [6, 6.07) is 8.34. The number of hydrogen-bond donors (Lipinski definition) is 0. The van der Waals surface area contributed by atoms with Crippen molar-refractivity contribution in [1.82, 2.24) is 4.98 Å². The SMILES string of the molecule is Cc1ccc(-c2cnc(Cl)s2)cc1. The van der Waals surface area contributed by atoms with Crippen LogP contribution in [0.3, 0.4) is 0 Å². The maximum atomic E-state index is 5.75. The lowest BCUT2D eigenvalue weighted by Crippen LogP contribution is -1.73. The lowest BCUT2D eigenvalue weighted by molar-refractivity contribution is 1.42. The summed E-state index contributed by atoms with van der Waals surface area (Å²) >= 11 is 7.25. The minimum atomic E-state index is 0.593. The number of aromatic nitrogens is 1. The predicted octanol–water partition coefficient (Wildman–Crippen LogP) is 3.77. The van der Waals surface area contributed by atoms with Crippen LogP contribution in [0.4, 0.5) is 0 Å². The van der Waals surface area contributed by atoms with Gasteiger partial charge < -0.3 is 0 Å². The van der Waals surface area contributed by atoms with E-state index in [9.17, 15) is 0 Å². The Bertz CT molecular complexity index is 405. The van der Waals surface area contributed by atoms with Crippen LogP contribution in [0.5, 0.6) is 0 Å². The molecule has 0 amide bonds. The molecule has 66 valence electrons. The molecular formula is C10H8ClNS. The number of halogens is 1. The molecule has 0 N–H and O–H groups in total. The average Bonchev–Trinajstić information content (AvgIpc) is 2.53. The first-order valence-corrected chi connectivity index (χ1v) is 5.13. The molecule has 0 unspecified atom stereocenters. The van der Waals surface area contributed by atoms with Gasteiger partial charge in [-0.25, -0.2) is 4.98 Å². The molecule has 0 aliphatic carbocycles. The van der Waals surface area contributed by atoms with Gasteiger partial charge in [-0.1, -0.05) is 41.4 Å². The molecule has 0 saturated carbocycles. The van der Waals surface area contributed by atoms with Gasteiger partial charge in [-0.3, -0.25) is 0 Å². The van der Waals surface area contributed by atoms with E-state index in [-0.39, 0.29) is 0 Å². The van der Waals surface area contributed by atoms with E-state index in [1.807, 2.05) is 0 Å². The van der Waals surface area contributed by atoms with Crippen molar-refractivity contribution in [3.8, 4) is 10.4 Å². The molecule has 1 aromatic heterocycles. The third-order valence-electron chi connectivity index (χ3n) is 1.81. The third-order valence-corrected chi connectivity index (χ3v) is 2.98. The monoisotopic (exact) mass is 209 g/mol. The second-order valence-electron chi connectivity index (χ2n) is 2.84. The van der Waals surface area contributed by atoms with Gasteiger partial charge in [-0.05, 0) is 12.5 Å². The maximum absolute atomic E-state index is 5.75. The molecular weight excluding hydrogens is 202 g/mol. The topological polar surface area (TPSA) is 12.9 Å². The molecule has 2 rings (SSSR count). The van der Waals surface area contributed by atoms with E-state index in [1.54, 1.807) is 6.20 Å². The molecule has 0 fully saturated rings. The van der Waals surface area contributed by atoms with Crippen LogP contribution in [0.1, 0.15) is 5.56 Å². The summed E-state index contributed by atoms with van der Waals surface area (Å²) in [5, 5.41) is 0. The van der Waals surface area contributed by atoms with Gasteiger partial charge in [0.25, 0.3) is 0 Å². The Morgan fingerprint density at radius 1 is 1.23 bits per heavy atom. The first-order valence-electron chi connectivity index (χ1n) is 3.94. The van der Waals surface area contributed by atoms with Crippen LogP contribution in [-0.2, 0) is 0 Å². The number of nitrogens with zero attached hydrogens (tertiary/aromatic N) is 1. The number of benzene rings is 1. The summed E-state index contributed by atoms with van der Waals surface area (Å²) in [6.45, 7) is 2.07. The van der Waals surface area contributed by atoms with Crippen LogP contribution < -0.4 is 0 Å². The summed E-state index contributed by atoms with van der Waals surface area (Å²) in [6.07, 6.45) is 1.80. The van der Waals surface area contributed by atoms with Gasteiger partial charge in [-0.15, -0.1) is 11.3 Å². The van der Waals surface area contributed by atoms with Crippen molar-refractivity contribution >= 4 is 22.9 Å². The van der Waals surface area contributed by atoms with E-state index in [1.165, 1.54) is 22.5 Å². The highest BCUT2D eigenvalue weighted by molar-refractivity contribution is 7.18. The van der Waals surface area contributed by atoms with E-state index in [0.29, 0.717) is 4.47 Å². The zero-order chi connectivity index (χ0) is 9.26. The lowest BCUT2D eigenvalue weighted by Gasteiger charge is -1.96. The molecule has 1 nitrogen and oxygen atoms in total. The van der Waals surface area contributed by atoms with Crippen molar-refractivity contribution in [2.24, 2.45) is 0 Å². The van der Waals surface area contributed by atoms with Gasteiger partial charge >= 0.3 is 0 Å². The molecule has 0 aliphatic rings. The molecule has 1 aromatic carbocycles. The first-order chi connectivity index (χ1) is 6.25. The summed E-state index contributed by atoms with van der Waals surface area (Å²) in [4.78, 5) is 5.12. The third kappa shape index (κ3) is 1.90.